The van der Waals surface area contributed by atoms with Gasteiger partial charge < -0.3 is 4.55 Å². The Kier molecular flexibility index (Phi) is 11.8. The number of halogens is 4. The van der Waals surface area contributed by atoms with E-state index in [1.165, 1.54) is 37.8 Å². The summed E-state index contributed by atoms with van der Waals surface area (Å²) in [5, 5.41) is 0. The summed E-state index contributed by atoms with van der Waals surface area (Å²) in [6, 6.07) is 6.38. The fourth-order valence-electron chi connectivity index (χ4n) is 1.78. The first-order chi connectivity index (χ1) is 11.9. The van der Waals surface area contributed by atoms with Crippen LogP contribution in [-0.2, 0) is 11.4 Å². The number of unbranched alkanes of at least 4 members (excludes halogenated alkanes) is 3. The van der Waals surface area contributed by atoms with E-state index >= 15 is 0 Å². The van der Waals surface area contributed by atoms with Gasteiger partial charge in [0.05, 0.1) is 6.42 Å². The third-order valence-corrected chi connectivity index (χ3v) is 5.13. The summed E-state index contributed by atoms with van der Waals surface area (Å²) in [5.41, 5.74) is 0.0985. The van der Waals surface area contributed by atoms with Gasteiger partial charge in [-0.05, 0) is 32.9 Å². The fraction of sp³-hybridized carbons (Fsp3) is 0.632. The fourth-order valence-corrected chi connectivity index (χ4v) is 2.83. The predicted molar refractivity (Wildman–Crippen MR) is 109 cm³/mol. The minimum atomic E-state index is -4.40. The summed E-state index contributed by atoms with van der Waals surface area (Å²) in [5.74, 6) is 0. The first-order valence-corrected chi connectivity index (χ1v) is 10.6. The monoisotopic (exact) mass is 455 g/mol. The smallest absolute Gasteiger partial charge is 0.394 e. The van der Waals surface area contributed by atoms with Crippen LogP contribution in [0.2, 0.25) is 0 Å². The highest BCUT2D eigenvalue weighted by molar-refractivity contribution is 9.10. The van der Waals surface area contributed by atoms with Crippen LogP contribution in [0.5, 0.6) is 0 Å². The quantitative estimate of drug-likeness (QED) is 0.253. The summed E-state index contributed by atoms with van der Waals surface area (Å²) < 4.78 is 53.6. The van der Waals surface area contributed by atoms with Crippen molar-refractivity contribution in [3.63, 3.8) is 0 Å². The zero-order valence-corrected chi connectivity index (χ0v) is 18.5. The van der Waals surface area contributed by atoms with Crippen molar-refractivity contribution in [2.45, 2.75) is 77.6 Å². The average Bonchev–Trinajstić information content (AvgIpc) is 2.50. The van der Waals surface area contributed by atoms with Crippen LogP contribution in [0.4, 0.5) is 13.2 Å². The maximum Gasteiger partial charge on any atom is 0.394 e. The van der Waals surface area contributed by atoms with Crippen LogP contribution < -0.4 is 0 Å². The minimum Gasteiger partial charge on any atom is -0.591 e. The maximum atomic E-state index is 12.6. The van der Waals surface area contributed by atoms with Crippen molar-refractivity contribution < 1.29 is 17.7 Å². The van der Waals surface area contributed by atoms with Crippen molar-refractivity contribution in [3.05, 3.63) is 34.3 Å². The van der Waals surface area contributed by atoms with E-state index in [1.54, 1.807) is 32.9 Å². The summed E-state index contributed by atoms with van der Waals surface area (Å²) in [6.07, 6.45) is -0.0663. The summed E-state index contributed by atoms with van der Waals surface area (Å²) in [4.78, 5) is 0. The number of hydrogen-bond donors (Lipinski definition) is 0. The van der Waals surface area contributed by atoms with Crippen molar-refractivity contribution >= 4 is 33.0 Å². The number of nitrogens with zero attached hydrogens (tertiary/aromatic N) is 1. The first kappa shape index (κ1) is 25.5. The Morgan fingerprint density at radius 3 is 2.04 bits per heavy atom. The van der Waals surface area contributed by atoms with Crippen molar-refractivity contribution in [1.29, 1.82) is 0 Å². The number of alkyl halides is 3. The molecule has 0 aliphatic carbocycles. The molecule has 1 atom stereocenters. The van der Waals surface area contributed by atoms with Gasteiger partial charge in [-0.1, -0.05) is 72.0 Å². The highest BCUT2D eigenvalue weighted by Crippen LogP contribution is 2.26. The molecule has 0 aliphatic rings. The molecule has 150 valence electrons. The van der Waals surface area contributed by atoms with E-state index in [0.717, 1.165) is 0 Å². The molecule has 0 aliphatic heterocycles. The Balaban J connectivity index is 0.000000896. The Hall–Kier alpha value is -0.530. The molecule has 0 heterocycles. The van der Waals surface area contributed by atoms with Gasteiger partial charge in [0, 0.05) is 10.0 Å². The molecular weight excluding hydrogens is 427 g/mol. The molecule has 1 aromatic carbocycles. The van der Waals surface area contributed by atoms with Gasteiger partial charge in [0.15, 0.2) is 0 Å². The van der Waals surface area contributed by atoms with Crippen molar-refractivity contribution in [2.24, 2.45) is 4.40 Å². The van der Waals surface area contributed by atoms with Gasteiger partial charge >= 0.3 is 6.18 Å². The van der Waals surface area contributed by atoms with Crippen molar-refractivity contribution in [2.75, 3.05) is 0 Å². The van der Waals surface area contributed by atoms with Crippen LogP contribution >= 0.6 is 15.9 Å². The van der Waals surface area contributed by atoms with Crippen LogP contribution in [0.15, 0.2) is 33.1 Å². The molecule has 2 nitrogen and oxygen atoms in total. The van der Waals surface area contributed by atoms with Crippen molar-refractivity contribution in [1.82, 2.24) is 0 Å². The molecule has 0 radical (unpaired) electrons. The van der Waals surface area contributed by atoms with Crippen LogP contribution in [0, 0.1) is 0 Å². The third-order valence-electron chi connectivity index (χ3n) is 3.20. The second-order valence-corrected chi connectivity index (χ2v) is 9.73. The molecular formula is C19H29BrF3NOS. The Bertz CT molecular complexity index is 552. The van der Waals surface area contributed by atoms with E-state index in [1.807, 2.05) is 0 Å². The molecule has 7 heteroatoms. The van der Waals surface area contributed by atoms with Crippen LogP contribution in [0.1, 0.15) is 72.3 Å². The molecule has 0 aromatic heterocycles. The second kappa shape index (κ2) is 12.0. The van der Waals surface area contributed by atoms with Crippen LogP contribution in [0.25, 0.3) is 0 Å². The van der Waals surface area contributed by atoms with Gasteiger partial charge in [-0.2, -0.15) is 13.2 Å². The standard InChI is InChI=1S/C13H15BrF3NOS.C6H14/c1-12(2,3)20(19)18-11(8-13(15,16)17)9-5-4-6-10(14)7-9;1-3-5-6-4-2/h4-7H,8H2,1-3H3;3-6H2,1-2H3. The van der Waals surface area contributed by atoms with Gasteiger partial charge in [0.2, 0.25) is 0 Å². The highest BCUT2D eigenvalue weighted by Gasteiger charge is 2.34. The lowest BCUT2D eigenvalue weighted by Gasteiger charge is -2.20. The summed E-state index contributed by atoms with van der Waals surface area (Å²) >= 11 is 1.47. The van der Waals surface area contributed by atoms with E-state index in [-0.39, 0.29) is 5.71 Å². The number of hydrogen-bond acceptors (Lipinski definition) is 2. The zero-order chi connectivity index (χ0) is 20.4. The highest BCUT2D eigenvalue weighted by atomic mass is 79.9. The molecule has 0 fully saturated rings. The maximum absolute atomic E-state index is 12.6. The van der Waals surface area contributed by atoms with Gasteiger partial charge in [0.25, 0.3) is 0 Å². The summed E-state index contributed by atoms with van der Waals surface area (Å²) in [6.45, 7) is 9.46. The van der Waals surface area contributed by atoms with E-state index < -0.39 is 28.7 Å². The van der Waals surface area contributed by atoms with Gasteiger partial charge in [-0.15, -0.1) is 0 Å². The SMILES string of the molecule is CC(C)(C)[S+]([O-])N=C(CC(F)(F)F)c1cccc(Br)c1.CCCCCC. The Morgan fingerprint density at radius 2 is 1.65 bits per heavy atom. The van der Waals surface area contributed by atoms with E-state index in [4.69, 9.17) is 0 Å². The van der Waals surface area contributed by atoms with Crippen LogP contribution in [-0.4, -0.2) is 21.2 Å². The molecule has 0 N–H and O–H groups in total. The normalized spacial score (nSPS) is 13.8. The largest absolute Gasteiger partial charge is 0.591 e. The topological polar surface area (TPSA) is 35.4 Å². The molecule has 0 bridgehead atoms. The Labute approximate surface area is 167 Å². The molecule has 26 heavy (non-hydrogen) atoms. The van der Waals surface area contributed by atoms with Gasteiger partial charge in [0.1, 0.15) is 21.8 Å². The van der Waals surface area contributed by atoms with E-state index in [2.05, 4.69) is 34.2 Å². The second-order valence-electron chi connectivity index (χ2n) is 6.91. The van der Waals surface area contributed by atoms with E-state index in [0.29, 0.717) is 10.0 Å². The third kappa shape index (κ3) is 12.0. The predicted octanol–water partition coefficient (Wildman–Crippen LogP) is 7.24. The molecule has 1 aromatic rings. The molecule has 1 rings (SSSR count). The lowest BCUT2D eigenvalue weighted by Crippen LogP contribution is -2.28. The number of rotatable bonds is 6. The Morgan fingerprint density at radius 1 is 1.12 bits per heavy atom. The van der Waals surface area contributed by atoms with Crippen molar-refractivity contribution in [3.8, 4) is 0 Å². The molecule has 0 saturated heterocycles. The molecule has 0 spiro atoms. The molecule has 0 amide bonds. The number of benzene rings is 1. The zero-order valence-electron chi connectivity index (χ0n) is 16.1. The first-order valence-electron chi connectivity index (χ1n) is 8.73. The minimum absolute atomic E-state index is 0.216. The summed E-state index contributed by atoms with van der Waals surface area (Å²) in [7, 11) is 0. The lowest BCUT2D eigenvalue weighted by molar-refractivity contribution is -0.121. The van der Waals surface area contributed by atoms with Gasteiger partial charge in [-0.25, -0.2) is 0 Å². The van der Waals surface area contributed by atoms with E-state index in [9.17, 15) is 17.7 Å². The lowest BCUT2D eigenvalue weighted by atomic mass is 10.1. The average molecular weight is 456 g/mol. The molecule has 1 unspecified atom stereocenters. The molecule has 0 saturated carbocycles. The van der Waals surface area contributed by atoms with Gasteiger partial charge in [-0.3, -0.25) is 0 Å². The van der Waals surface area contributed by atoms with Crippen LogP contribution in [0.3, 0.4) is 0 Å².